The number of aromatic nitrogens is 1. The van der Waals surface area contributed by atoms with Crippen molar-refractivity contribution in [3.05, 3.63) is 23.4 Å². The average molecular weight is 266 g/mol. The number of rotatable bonds is 6. The van der Waals surface area contributed by atoms with E-state index in [4.69, 9.17) is 14.6 Å². The van der Waals surface area contributed by atoms with Gasteiger partial charge in [0.2, 0.25) is 5.88 Å². The lowest BCUT2D eigenvalue weighted by molar-refractivity contribution is -0.143. The molecule has 0 aliphatic carbocycles. The highest BCUT2D eigenvalue weighted by Crippen LogP contribution is 2.26. The Morgan fingerprint density at radius 1 is 1.58 bits per heavy atom. The van der Waals surface area contributed by atoms with Crippen LogP contribution in [0.2, 0.25) is 0 Å². The molecule has 0 radical (unpaired) electrons. The van der Waals surface area contributed by atoms with E-state index in [2.05, 4.69) is 4.98 Å². The maximum Gasteiger partial charge on any atom is 0.324 e. The fraction of sp³-hybridized carbons (Fsp3) is 0.538. The van der Waals surface area contributed by atoms with Crippen molar-refractivity contribution in [2.75, 3.05) is 20.3 Å². The molecule has 104 valence electrons. The zero-order valence-electron chi connectivity index (χ0n) is 11.1. The summed E-state index contributed by atoms with van der Waals surface area (Å²) < 4.78 is 10.2. The molecule has 1 aliphatic rings. The van der Waals surface area contributed by atoms with Gasteiger partial charge in [-0.15, -0.1) is 0 Å². The molecule has 1 fully saturated rings. The van der Waals surface area contributed by atoms with E-state index in [0.717, 1.165) is 5.56 Å². The molecule has 0 bridgehead atoms. The van der Waals surface area contributed by atoms with Crippen LogP contribution in [-0.4, -0.2) is 47.3 Å². The van der Waals surface area contributed by atoms with E-state index in [0.29, 0.717) is 31.3 Å². The first-order valence-corrected chi connectivity index (χ1v) is 6.24. The Labute approximate surface area is 112 Å². The summed E-state index contributed by atoms with van der Waals surface area (Å²) in [5.41, 5.74) is 1.46. The van der Waals surface area contributed by atoms with Crippen molar-refractivity contribution >= 4 is 5.97 Å². The van der Waals surface area contributed by atoms with E-state index >= 15 is 0 Å². The number of carbonyl (C=O) groups is 1. The second-order valence-corrected chi connectivity index (χ2v) is 4.33. The van der Waals surface area contributed by atoms with Gasteiger partial charge in [0.1, 0.15) is 6.04 Å². The summed E-state index contributed by atoms with van der Waals surface area (Å²) in [7, 11) is 1.54. The minimum Gasteiger partial charge on any atom is -0.481 e. The molecule has 1 aromatic rings. The molecule has 0 spiro atoms. The van der Waals surface area contributed by atoms with Crippen molar-refractivity contribution in [1.29, 1.82) is 0 Å². The third-order valence-corrected chi connectivity index (χ3v) is 3.00. The summed E-state index contributed by atoms with van der Waals surface area (Å²) >= 11 is 0. The number of esters is 1. The summed E-state index contributed by atoms with van der Waals surface area (Å²) in [4.78, 5) is 17.7. The van der Waals surface area contributed by atoms with Crippen LogP contribution >= 0.6 is 0 Å². The van der Waals surface area contributed by atoms with Crippen molar-refractivity contribution in [3.8, 4) is 5.88 Å². The minimum atomic E-state index is -0.179. The smallest absolute Gasteiger partial charge is 0.324 e. The zero-order valence-corrected chi connectivity index (χ0v) is 11.1. The molecule has 1 saturated heterocycles. The molecule has 2 unspecified atom stereocenters. The SMILES string of the molecule is CCOC(=O)C1CN1Cc1ccc(CO)nc1OC. The van der Waals surface area contributed by atoms with Crippen molar-refractivity contribution < 1.29 is 19.4 Å². The molecule has 2 rings (SSSR count). The van der Waals surface area contributed by atoms with Crippen LogP contribution in [-0.2, 0) is 22.7 Å². The van der Waals surface area contributed by atoms with Crippen LogP contribution in [0.15, 0.2) is 12.1 Å². The van der Waals surface area contributed by atoms with E-state index in [9.17, 15) is 4.79 Å². The van der Waals surface area contributed by atoms with Gasteiger partial charge in [-0.1, -0.05) is 6.07 Å². The van der Waals surface area contributed by atoms with Gasteiger partial charge in [0, 0.05) is 18.7 Å². The molecule has 0 amide bonds. The fourth-order valence-corrected chi connectivity index (χ4v) is 1.92. The lowest BCUT2D eigenvalue weighted by atomic mass is 10.2. The van der Waals surface area contributed by atoms with E-state index in [-0.39, 0.29) is 18.6 Å². The quantitative estimate of drug-likeness (QED) is 0.591. The van der Waals surface area contributed by atoms with Crippen molar-refractivity contribution in [2.45, 2.75) is 26.1 Å². The van der Waals surface area contributed by atoms with Crippen LogP contribution in [0.1, 0.15) is 18.2 Å². The standard InChI is InChI=1S/C13H18N2O4/c1-3-19-13(17)11-7-15(11)6-9-4-5-10(8-16)14-12(9)18-2/h4-5,11,16H,3,6-8H2,1-2H3. The van der Waals surface area contributed by atoms with Gasteiger partial charge in [-0.05, 0) is 13.0 Å². The molecule has 1 aromatic heterocycles. The zero-order chi connectivity index (χ0) is 13.8. The summed E-state index contributed by atoms with van der Waals surface area (Å²) in [6, 6.07) is 3.46. The molecule has 1 aliphatic heterocycles. The monoisotopic (exact) mass is 266 g/mol. The van der Waals surface area contributed by atoms with Crippen molar-refractivity contribution in [2.24, 2.45) is 0 Å². The Balaban J connectivity index is 1.99. The van der Waals surface area contributed by atoms with Gasteiger partial charge in [-0.25, -0.2) is 4.98 Å². The fourth-order valence-electron chi connectivity index (χ4n) is 1.92. The molecule has 1 N–H and O–H groups in total. The number of pyridine rings is 1. The molecular weight excluding hydrogens is 248 g/mol. The van der Waals surface area contributed by atoms with Crippen LogP contribution in [0, 0.1) is 0 Å². The number of ether oxygens (including phenoxy) is 2. The summed E-state index contributed by atoms with van der Waals surface area (Å²) in [5, 5.41) is 9.03. The van der Waals surface area contributed by atoms with Gasteiger partial charge in [-0.3, -0.25) is 9.69 Å². The first-order chi connectivity index (χ1) is 9.19. The molecule has 0 saturated carbocycles. The molecule has 6 nitrogen and oxygen atoms in total. The van der Waals surface area contributed by atoms with E-state index < -0.39 is 0 Å². The second kappa shape index (κ2) is 5.99. The van der Waals surface area contributed by atoms with E-state index in [1.807, 2.05) is 11.0 Å². The predicted octanol–water partition coefficient (Wildman–Crippen LogP) is 0.330. The van der Waals surface area contributed by atoms with E-state index in [1.54, 1.807) is 13.0 Å². The summed E-state index contributed by atoms with van der Waals surface area (Å²) in [5.74, 6) is 0.308. The number of aliphatic hydroxyl groups excluding tert-OH is 1. The van der Waals surface area contributed by atoms with Gasteiger partial charge < -0.3 is 14.6 Å². The second-order valence-electron chi connectivity index (χ2n) is 4.33. The number of methoxy groups -OCH3 is 1. The lowest BCUT2D eigenvalue weighted by Crippen LogP contribution is -2.16. The van der Waals surface area contributed by atoms with Crippen LogP contribution in [0.25, 0.3) is 0 Å². The highest BCUT2D eigenvalue weighted by atomic mass is 16.5. The van der Waals surface area contributed by atoms with Crippen LogP contribution in [0.4, 0.5) is 0 Å². The average Bonchev–Trinajstić information content (AvgIpc) is 3.19. The predicted molar refractivity (Wildman–Crippen MR) is 67.5 cm³/mol. The van der Waals surface area contributed by atoms with Crippen LogP contribution in [0.5, 0.6) is 5.88 Å². The Bertz CT molecular complexity index is 464. The van der Waals surface area contributed by atoms with Crippen LogP contribution < -0.4 is 4.74 Å². The van der Waals surface area contributed by atoms with Crippen molar-refractivity contribution in [3.63, 3.8) is 0 Å². The van der Waals surface area contributed by atoms with Gasteiger partial charge in [-0.2, -0.15) is 0 Å². The Hall–Kier alpha value is -1.66. The number of nitrogens with zero attached hydrogens (tertiary/aromatic N) is 2. The summed E-state index contributed by atoms with van der Waals surface area (Å²) in [6.45, 7) is 3.37. The Morgan fingerprint density at radius 2 is 2.37 bits per heavy atom. The molecule has 2 atom stereocenters. The first kappa shape index (κ1) is 13.8. The first-order valence-electron chi connectivity index (χ1n) is 6.24. The maximum atomic E-state index is 11.5. The Kier molecular flexibility index (Phi) is 4.34. The van der Waals surface area contributed by atoms with Gasteiger partial charge in [0.15, 0.2) is 0 Å². The number of hydrogen-bond acceptors (Lipinski definition) is 6. The number of carbonyl (C=O) groups excluding carboxylic acids is 1. The third-order valence-electron chi connectivity index (χ3n) is 3.00. The number of aliphatic hydroxyl groups is 1. The minimum absolute atomic E-state index is 0.119. The highest BCUT2D eigenvalue weighted by molar-refractivity contribution is 5.79. The molecular formula is C13H18N2O4. The largest absolute Gasteiger partial charge is 0.481 e. The van der Waals surface area contributed by atoms with Crippen molar-refractivity contribution in [1.82, 2.24) is 9.88 Å². The van der Waals surface area contributed by atoms with Gasteiger partial charge >= 0.3 is 5.97 Å². The highest BCUT2D eigenvalue weighted by Gasteiger charge is 2.41. The topological polar surface area (TPSA) is 71.7 Å². The molecule has 19 heavy (non-hydrogen) atoms. The van der Waals surface area contributed by atoms with E-state index in [1.165, 1.54) is 7.11 Å². The maximum absolute atomic E-state index is 11.5. The van der Waals surface area contributed by atoms with Gasteiger partial charge in [0.05, 0.1) is 26.0 Å². The molecule has 0 aromatic carbocycles. The normalized spacial score (nSPS) is 21.0. The number of hydrogen-bond donors (Lipinski definition) is 1. The lowest BCUT2D eigenvalue weighted by Gasteiger charge is -2.09. The third kappa shape index (κ3) is 3.21. The molecule has 6 heteroatoms. The summed E-state index contributed by atoms with van der Waals surface area (Å²) in [6.07, 6.45) is 0. The van der Waals surface area contributed by atoms with Gasteiger partial charge in [0.25, 0.3) is 0 Å². The molecule has 2 heterocycles. The van der Waals surface area contributed by atoms with Crippen LogP contribution in [0.3, 0.4) is 0 Å². The Morgan fingerprint density at radius 3 is 3.00 bits per heavy atom.